The number of primary amides is 1. The summed E-state index contributed by atoms with van der Waals surface area (Å²) in [6.45, 7) is 0.547. The molecule has 0 aliphatic carbocycles. The van der Waals surface area contributed by atoms with Crippen LogP contribution >= 0.6 is 0 Å². The average molecular weight is 368 g/mol. The van der Waals surface area contributed by atoms with E-state index in [1.807, 2.05) is 17.0 Å². The summed E-state index contributed by atoms with van der Waals surface area (Å²) in [4.78, 5) is 29.7. The molecule has 1 aliphatic rings. The Labute approximate surface area is 158 Å². The van der Waals surface area contributed by atoms with Crippen molar-refractivity contribution >= 4 is 17.6 Å². The average Bonchev–Trinajstić information content (AvgIpc) is 2.94. The van der Waals surface area contributed by atoms with Crippen LogP contribution in [0, 0.1) is 0 Å². The number of ether oxygens (including phenoxy) is 1. The number of urea groups is 1. The van der Waals surface area contributed by atoms with Gasteiger partial charge in [-0.1, -0.05) is 12.8 Å². The molecule has 0 spiro atoms. The van der Waals surface area contributed by atoms with Crippen LogP contribution in [-0.2, 0) is 4.79 Å². The number of hydrogen-bond acceptors (Lipinski definition) is 4. The van der Waals surface area contributed by atoms with Crippen LogP contribution in [0.5, 0.6) is 5.75 Å². The van der Waals surface area contributed by atoms with Crippen LogP contribution in [0.1, 0.15) is 37.3 Å². The van der Waals surface area contributed by atoms with Crippen LogP contribution in [0.4, 0.5) is 10.5 Å². The molecule has 2 heterocycles. The number of carbonyl (C=O) groups is 2. The maximum absolute atomic E-state index is 12.9. The first-order valence-corrected chi connectivity index (χ1v) is 9.12. The summed E-state index contributed by atoms with van der Waals surface area (Å²) in [6, 6.07) is 10.8. The maximum Gasteiger partial charge on any atom is 0.322 e. The standard InChI is InChI=1S/C20H24N4O3/c21-19(25)14-27-17-7-5-16(6-8-17)23-20(26)24-13-3-1-2-4-18(24)15-9-11-22-12-10-15/h5-12,18H,1-4,13-14H2,(H2,21,25)(H,23,26). The molecule has 0 bridgehead atoms. The molecule has 142 valence electrons. The Morgan fingerprint density at radius 3 is 2.56 bits per heavy atom. The van der Waals surface area contributed by atoms with Crippen molar-refractivity contribution in [1.82, 2.24) is 9.88 Å². The fourth-order valence-electron chi connectivity index (χ4n) is 3.27. The van der Waals surface area contributed by atoms with Gasteiger partial charge in [0.2, 0.25) is 0 Å². The summed E-state index contributed by atoms with van der Waals surface area (Å²) in [5, 5.41) is 2.96. The third-order valence-corrected chi connectivity index (χ3v) is 4.59. The van der Waals surface area contributed by atoms with E-state index < -0.39 is 5.91 Å². The van der Waals surface area contributed by atoms with Crippen molar-refractivity contribution in [1.29, 1.82) is 0 Å². The van der Waals surface area contributed by atoms with E-state index >= 15 is 0 Å². The SMILES string of the molecule is NC(=O)COc1ccc(NC(=O)N2CCCCCC2c2ccncc2)cc1. The van der Waals surface area contributed by atoms with Gasteiger partial charge in [0.05, 0.1) is 6.04 Å². The van der Waals surface area contributed by atoms with Crippen molar-refractivity contribution in [3.8, 4) is 5.75 Å². The summed E-state index contributed by atoms with van der Waals surface area (Å²) < 4.78 is 5.23. The number of nitrogens with one attached hydrogen (secondary N) is 1. The summed E-state index contributed by atoms with van der Waals surface area (Å²) >= 11 is 0. The zero-order valence-corrected chi connectivity index (χ0v) is 15.1. The van der Waals surface area contributed by atoms with Crippen molar-refractivity contribution in [2.75, 3.05) is 18.5 Å². The Morgan fingerprint density at radius 2 is 1.85 bits per heavy atom. The van der Waals surface area contributed by atoms with Gasteiger partial charge in [0, 0.05) is 24.6 Å². The van der Waals surface area contributed by atoms with Gasteiger partial charge >= 0.3 is 6.03 Å². The van der Waals surface area contributed by atoms with Gasteiger partial charge in [-0.2, -0.15) is 0 Å². The molecule has 1 aliphatic heterocycles. The molecular weight excluding hydrogens is 344 g/mol. The predicted octanol–water partition coefficient (Wildman–Crippen LogP) is 3.09. The zero-order chi connectivity index (χ0) is 19.1. The van der Waals surface area contributed by atoms with Crippen LogP contribution in [0.2, 0.25) is 0 Å². The number of anilines is 1. The Morgan fingerprint density at radius 1 is 1.11 bits per heavy atom. The lowest BCUT2D eigenvalue weighted by molar-refractivity contribution is -0.119. The minimum atomic E-state index is -0.532. The fraction of sp³-hybridized carbons (Fsp3) is 0.350. The largest absolute Gasteiger partial charge is 0.484 e. The maximum atomic E-state index is 12.9. The van der Waals surface area contributed by atoms with Crippen molar-refractivity contribution in [2.24, 2.45) is 5.73 Å². The molecule has 3 N–H and O–H groups in total. The predicted molar refractivity (Wildman–Crippen MR) is 102 cm³/mol. The van der Waals surface area contributed by atoms with Crippen LogP contribution < -0.4 is 15.8 Å². The van der Waals surface area contributed by atoms with Crippen molar-refractivity contribution < 1.29 is 14.3 Å². The lowest BCUT2D eigenvalue weighted by Gasteiger charge is -2.30. The van der Waals surface area contributed by atoms with Crippen molar-refractivity contribution in [2.45, 2.75) is 31.7 Å². The Balaban J connectivity index is 1.68. The minimum absolute atomic E-state index is 0.0497. The third-order valence-electron chi connectivity index (χ3n) is 4.59. The van der Waals surface area contributed by atoms with E-state index in [9.17, 15) is 9.59 Å². The van der Waals surface area contributed by atoms with Crippen LogP contribution in [-0.4, -0.2) is 35.0 Å². The molecule has 2 aromatic rings. The van der Waals surface area contributed by atoms with Gasteiger partial charge in [0.15, 0.2) is 6.61 Å². The van der Waals surface area contributed by atoms with Crippen LogP contribution in [0.25, 0.3) is 0 Å². The molecule has 7 heteroatoms. The van der Waals surface area contributed by atoms with Gasteiger partial charge in [-0.05, 0) is 54.8 Å². The van der Waals surface area contributed by atoms with Gasteiger partial charge in [-0.3, -0.25) is 9.78 Å². The molecule has 1 saturated heterocycles. The van der Waals surface area contributed by atoms with E-state index in [4.69, 9.17) is 10.5 Å². The van der Waals surface area contributed by atoms with Crippen LogP contribution in [0.15, 0.2) is 48.8 Å². The zero-order valence-electron chi connectivity index (χ0n) is 15.1. The van der Waals surface area contributed by atoms with E-state index in [1.165, 1.54) is 0 Å². The lowest BCUT2D eigenvalue weighted by atomic mass is 10.0. The number of pyridine rings is 1. The van der Waals surface area contributed by atoms with Gasteiger partial charge < -0.3 is 20.7 Å². The first kappa shape index (κ1) is 18.7. The number of aromatic nitrogens is 1. The summed E-state index contributed by atoms with van der Waals surface area (Å²) in [7, 11) is 0. The molecular formula is C20H24N4O3. The number of likely N-dealkylation sites (tertiary alicyclic amines) is 1. The van der Waals surface area contributed by atoms with Crippen LogP contribution in [0.3, 0.4) is 0 Å². The van der Waals surface area contributed by atoms with Gasteiger partial charge in [0.25, 0.3) is 5.91 Å². The Hall–Kier alpha value is -3.09. The molecule has 27 heavy (non-hydrogen) atoms. The lowest BCUT2D eigenvalue weighted by Crippen LogP contribution is -2.38. The quantitative estimate of drug-likeness (QED) is 0.847. The minimum Gasteiger partial charge on any atom is -0.484 e. The number of amides is 3. The Bertz CT molecular complexity index is 765. The van der Waals surface area contributed by atoms with Gasteiger partial charge in [-0.15, -0.1) is 0 Å². The van der Waals surface area contributed by atoms with Crippen molar-refractivity contribution in [3.63, 3.8) is 0 Å². The molecule has 1 unspecified atom stereocenters. The third kappa shape index (κ3) is 5.20. The van der Waals surface area contributed by atoms with Gasteiger partial charge in [0.1, 0.15) is 5.75 Å². The number of nitrogens with zero attached hydrogens (tertiary/aromatic N) is 2. The van der Waals surface area contributed by atoms with E-state index in [1.54, 1.807) is 36.7 Å². The second-order valence-electron chi connectivity index (χ2n) is 6.55. The summed E-state index contributed by atoms with van der Waals surface area (Å²) in [6.07, 6.45) is 7.69. The second-order valence-corrected chi connectivity index (χ2v) is 6.55. The van der Waals surface area contributed by atoms with E-state index in [-0.39, 0.29) is 18.7 Å². The van der Waals surface area contributed by atoms with Crippen molar-refractivity contribution in [3.05, 3.63) is 54.4 Å². The number of nitrogens with two attached hydrogens (primary N) is 1. The molecule has 0 saturated carbocycles. The molecule has 3 amide bonds. The Kier molecular flexibility index (Phi) is 6.25. The summed E-state index contributed by atoms with van der Waals surface area (Å²) in [5.41, 5.74) is 6.84. The molecule has 0 radical (unpaired) electrons. The molecule has 7 nitrogen and oxygen atoms in total. The monoisotopic (exact) mass is 368 g/mol. The number of hydrogen-bond donors (Lipinski definition) is 2. The smallest absolute Gasteiger partial charge is 0.322 e. The number of carbonyl (C=O) groups excluding carboxylic acids is 2. The fourth-order valence-corrected chi connectivity index (χ4v) is 3.27. The molecule has 3 rings (SSSR count). The van der Waals surface area contributed by atoms with E-state index in [2.05, 4.69) is 10.3 Å². The highest BCUT2D eigenvalue weighted by Gasteiger charge is 2.26. The normalized spacial score (nSPS) is 17.0. The number of benzene rings is 1. The molecule has 1 atom stereocenters. The second kappa shape index (κ2) is 9.02. The molecule has 1 aromatic heterocycles. The summed E-state index contributed by atoms with van der Waals surface area (Å²) in [5.74, 6) is -0.00747. The molecule has 1 fully saturated rings. The van der Waals surface area contributed by atoms with E-state index in [0.717, 1.165) is 37.8 Å². The highest BCUT2D eigenvalue weighted by Crippen LogP contribution is 2.30. The first-order chi connectivity index (χ1) is 13.1. The highest BCUT2D eigenvalue weighted by atomic mass is 16.5. The van der Waals surface area contributed by atoms with E-state index in [0.29, 0.717) is 11.4 Å². The molecule has 1 aromatic carbocycles. The number of rotatable bonds is 5. The topological polar surface area (TPSA) is 97.6 Å². The first-order valence-electron chi connectivity index (χ1n) is 9.12. The highest BCUT2D eigenvalue weighted by molar-refractivity contribution is 5.89. The van der Waals surface area contributed by atoms with Gasteiger partial charge in [-0.25, -0.2) is 4.79 Å².